The number of carbonyl (C=O) groups excluding carboxylic acids is 2. The Balaban J connectivity index is 1.92. The van der Waals surface area contributed by atoms with E-state index in [1.807, 2.05) is 36.4 Å². The average molecular weight is 396 g/mol. The molecular formula is C20H24N6O3. The highest BCUT2D eigenvalue weighted by molar-refractivity contribution is 6.03. The fraction of sp³-hybridized carbons (Fsp3) is 0.200. The highest BCUT2D eigenvalue weighted by Gasteiger charge is 2.17. The third-order valence-corrected chi connectivity index (χ3v) is 3.91. The molecule has 9 nitrogen and oxygen atoms in total. The molecule has 152 valence electrons. The van der Waals surface area contributed by atoms with Gasteiger partial charge in [0.05, 0.1) is 0 Å². The summed E-state index contributed by atoms with van der Waals surface area (Å²) in [6.07, 6.45) is -0.423. The molecule has 0 fully saturated rings. The van der Waals surface area contributed by atoms with E-state index in [2.05, 4.69) is 21.0 Å². The van der Waals surface area contributed by atoms with Gasteiger partial charge in [-0.25, -0.2) is 0 Å². The first-order valence-electron chi connectivity index (χ1n) is 8.82. The normalized spacial score (nSPS) is 11.6. The number of amides is 2. The molecule has 0 saturated carbocycles. The molecule has 0 aliphatic rings. The second-order valence-electron chi connectivity index (χ2n) is 6.07. The van der Waals surface area contributed by atoms with Gasteiger partial charge in [-0.3, -0.25) is 35.5 Å². The molecule has 29 heavy (non-hydrogen) atoms. The summed E-state index contributed by atoms with van der Waals surface area (Å²) in [5.74, 6) is -0.390. The van der Waals surface area contributed by atoms with E-state index in [4.69, 9.17) is 0 Å². The number of hydrogen-bond acceptors (Lipinski definition) is 5. The van der Waals surface area contributed by atoms with Crippen LogP contribution < -0.4 is 10.9 Å². The van der Waals surface area contributed by atoms with Gasteiger partial charge in [-0.15, -0.1) is 0 Å². The number of aliphatic imine (C=N–C) groups is 1. The number of carbonyl (C=O) groups is 2. The number of amidine groups is 2. The minimum Gasteiger partial charge on any atom is -0.409 e. The van der Waals surface area contributed by atoms with Crippen molar-refractivity contribution in [2.75, 3.05) is 21.1 Å². The van der Waals surface area contributed by atoms with Crippen LogP contribution in [0.2, 0.25) is 0 Å². The lowest BCUT2D eigenvalue weighted by molar-refractivity contribution is -0.132. The molecule has 0 aliphatic carbocycles. The van der Waals surface area contributed by atoms with Crippen LogP contribution in [0.4, 0.5) is 0 Å². The molecule has 0 radical (unpaired) electrons. The molecule has 0 saturated heterocycles. The Labute approximate surface area is 169 Å². The molecule has 2 aromatic carbocycles. The summed E-state index contributed by atoms with van der Waals surface area (Å²) in [6, 6.07) is 18.2. The molecule has 2 aromatic rings. The molecule has 0 bridgehead atoms. The molecule has 0 aromatic heterocycles. The van der Waals surface area contributed by atoms with E-state index in [1.54, 1.807) is 38.4 Å². The van der Waals surface area contributed by atoms with Crippen LogP contribution in [0.15, 0.2) is 70.8 Å². The quantitative estimate of drug-likeness (QED) is 0.237. The van der Waals surface area contributed by atoms with Crippen LogP contribution >= 0.6 is 0 Å². The van der Waals surface area contributed by atoms with Gasteiger partial charge in [0.15, 0.2) is 5.84 Å². The van der Waals surface area contributed by atoms with Crippen molar-refractivity contribution in [3.05, 3.63) is 71.8 Å². The lowest BCUT2D eigenvalue weighted by atomic mass is 10.2. The fourth-order valence-corrected chi connectivity index (χ4v) is 2.67. The number of oxime groups is 1. The molecular weight excluding hydrogens is 372 g/mol. The average Bonchev–Trinajstić information content (AvgIpc) is 2.70. The predicted molar refractivity (Wildman–Crippen MR) is 110 cm³/mol. The molecule has 2 amide bonds. The van der Waals surface area contributed by atoms with Gasteiger partial charge in [-0.05, 0) is 0 Å². The smallest absolute Gasteiger partial charge is 0.248 e. The van der Waals surface area contributed by atoms with Gasteiger partial charge in [0, 0.05) is 32.3 Å². The maximum Gasteiger partial charge on any atom is 0.248 e. The molecule has 0 spiro atoms. The summed E-state index contributed by atoms with van der Waals surface area (Å²) in [6.45, 7) is 0. The van der Waals surface area contributed by atoms with Gasteiger partial charge in [-0.1, -0.05) is 65.8 Å². The van der Waals surface area contributed by atoms with E-state index in [9.17, 15) is 14.8 Å². The third kappa shape index (κ3) is 6.06. The van der Waals surface area contributed by atoms with Crippen LogP contribution in [0.5, 0.6) is 0 Å². The Hall–Kier alpha value is -3.88. The zero-order chi connectivity index (χ0) is 21.2. The minimum absolute atomic E-state index is 0.140. The highest BCUT2D eigenvalue weighted by Crippen LogP contribution is 2.04. The topological polar surface area (TPSA) is 110 Å². The van der Waals surface area contributed by atoms with Crippen molar-refractivity contribution in [3.63, 3.8) is 0 Å². The van der Waals surface area contributed by atoms with Crippen molar-refractivity contribution in [1.29, 1.82) is 0 Å². The fourth-order valence-electron chi connectivity index (χ4n) is 2.67. The summed E-state index contributed by atoms with van der Waals surface area (Å²) in [5, 5.41) is 15.2. The Bertz CT molecular complexity index is 810. The van der Waals surface area contributed by atoms with E-state index in [0.29, 0.717) is 11.4 Å². The number of hydrogen-bond donors (Lipinski definition) is 3. The summed E-state index contributed by atoms with van der Waals surface area (Å²) in [5.41, 5.74) is 6.55. The summed E-state index contributed by atoms with van der Waals surface area (Å²) in [4.78, 5) is 28.6. The van der Waals surface area contributed by atoms with Crippen LogP contribution in [0.3, 0.4) is 0 Å². The van der Waals surface area contributed by atoms with Crippen molar-refractivity contribution in [2.45, 2.75) is 6.42 Å². The van der Waals surface area contributed by atoms with Gasteiger partial charge in [0.1, 0.15) is 12.3 Å². The maximum atomic E-state index is 12.2. The molecule has 0 atom stereocenters. The van der Waals surface area contributed by atoms with E-state index in [-0.39, 0.29) is 5.84 Å². The molecule has 0 unspecified atom stereocenters. The van der Waals surface area contributed by atoms with Crippen LogP contribution in [-0.4, -0.2) is 59.9 Å². The SMILES string of the molecule is C/N=C(\c1ccccc1)N(C)NC(=O)CC(=O)NN(C)/C(=N/O)c1ccccc1. The van der Waals surface area contributed by atoms with Crippen LogP contribution in [-0.2, 0) is 9.59 Å². The lowest BCUT2D eigenvalue weighted by Gasteiger charge is -2.23. The Morgan fingerprint density at radius 3 is 1.66 bits per heavy atom. The van der Waals surface area contributed by atoms with Crippen molar-refractivity contribution >= 4 is 23.5 Å². The van der Waals surface area contributed by atoms with Crippen LogP contribution in [0.1, 0.15) is 17.5 Å². The van der Waals surface area contributed by atoms with Crippen molar-refractivity contribution < 1.29 is 14.8 Å². The molecule has 9 heteroatoms. The second-order valence-corrected chi connectivity index (χ2v) is 6.07. The third-order valence-electron chi connectivity index (χ3n) is 3.91. The summed E-state index contributed by atoms with van der Waals surface area (Å²) >= 11 is 0. The largest absolute Gasteiger partial charge is 0.409 e. The zero-order valence-electron chi connectivity index (χ0n) is 16.5. The Kier molecular flexibility index (Phi) is 7.72. The molecule has 0 aliphatic heterocycles. The minimum atomic E-state index is -0.565. The monoisotopic (exact) mass is 396 g/mol. The first kappa shape index (κ1) is 21.4. The zero-order valence-corrected chi connectivity index (χ0v) is 16.5. The van der Waals surface area contributed by atoms with Gasteiger partial charge < -0.3 is 5.21 Å². The van der Waals surface area contributed by atoms with E-state index >= 15 is 0 Å². The van der Waals surface area contributed by atoms with Gasteiger partial charge in [-0.2, -0.15) is 0 Å². The van der Waals surface area contributed by atoms with E-state index in [1.165, 1.54) is 17.1 Å². The number of nitrogens with zero attached hydrogens (tertiary/aromatic N) is 4. The summed E-state index contributed by atoms with van der Waals surface area (Å²) < 4.78 is 0. The number of rotatable bonds is 4. The first-order chi connectivity index (χ1) is 14.0. The standard InChI is InChI=1S/C20H24N6O3/c1-21-19(15-10-6-4-7-11-15)25(2)22-17(27)14-18(28)23-26(3)20(24-29)16-12-8-5-9-13-16/h4-13,29H,14H2,1-3H3,(H,22,27)(H,23,28)/b21-19+,24-20+. The Morgan fingerprint density at radius 2 is 1.24 bits per heavy atom. The number of benzene rings is 2. The van der Waals surface area contributed by atoms with Gasteiger partial charge >= 0.3 is 0 Å². The van der Waals surface area contributed by atoms with Crippen LogP contribution in [0.25, 0.3) is 0 Å². The first-order valence-corrected chi connectivity index (χ1v) is 8.82. The van der Waals surface area contributed by atoms with Gasteiger partial charge in [0.25, 0.3) is 0 Å². The second kappa shape index (κ2) is 10.5. The van der Waals surface area contributed by atoms with E-state index in [0.717, 1.165) is 5.56 Å². The van der Waals surface area contributed by atoms with Crippen molar-refractivity contribution in [1.82, 2.24) is 20.9 Å². The number of nitrogens with one attached hydrogen (secondary N) is 2. The molecule has 0 heterocycles. The van der Waals surface area contributed by atoms with Crippen molar-refractivity contribution in [3.8, 4) is 0 Å². The van der Waals surface area contributed by atoms with Crippen LogP contribution in [0, 0.1) is 0 Å². The van der Waals surface area contributed by atoms with E-state index < -0.39 is 18.2 Å². The summed E-state index contributed by atoms with van der Waals surface area (Å²) in [7, 11) is 4.77. The molecule has 3 N–H and O–H groups in total. The number of hydrazine groups is 2. The van der Waals surface area contributed by atoms with Crippen molar-refractivity contribution in [2.24, 2.45) is 10.1 Å². The maximum absolute atomic E-state index is 12.2. The van der Waals surface area contributed by atoms with Gasteiger partial charge in [0.2, 0.25) is 11.8 Å². The predicted octanol–water partition coefficient (Wildman–Crippen LogP) is 1.22. The molecule has 2 rings (SSSR count). The highest BCUT2D eigenvalue weighted by atomic mass is 16.4. The lowest BCUT2D eigenvalue weighted by Crippen LogP contribution is -2.48. The Morgan fingerprint density at radius 1 is 0.828 bits per heavy atom.